The molecule has 1 aliphatic carbocycles. The van der Waals surface area contributed by atoms with Crippen LogP contribution in [-0.2, 0) is 0 Å². The van der Waals surface area contributed by atoms with Crippen LogP contribution in [0.1, 0.15) is 31.7 Å². The van der Waals surface area contributed by atoms with Crippen LogP contribution in [0.4, 0.5) is 5.82 Å². The first-order chi connectivity index (χ1) is 9.76. The zero-order chi connectivity index (χ0) is 13.9. The van der Waals surface area contributed by atoms with E-state index in [9.17, 15) is 0 Å². The molecule has 106 valence electrons. The summed E-state index contributed by atoms with van der Waals surface area (Å²) in [4.78, 5) is 4.79. The van der Waals surface area contributed by atoms with E-state index in [0.717, 1.165) is 16.6 Å². The van der Waals surface area contributed by atoms with E-state index in [1.807, 2.05) is 0 Å². The normalized spacial score (nSPS) is 22.3. The van der Waals surface area contributed by atoms with Gasteiger partial charge in [0, 0.05) is 16.7 Å². The summed E-state index contributed by atoms with van der Waals surface area (Å²) in [5, 5.41) is 5.72. The summed E-state index contributed by atoms with van der Waals surface area (Å²) in [6.45, 7) is 4.40. The van der Waals surface area contributed by atoms with Gasteiger partial charge in [0.25, 0.3) is 0 Å². The van der Waals surface area contributed by atoms with Crippen molar-refractivity contribution in [2.45, 2.75) is 44.4 Å². The Hall–Kier alpha value is -1.22. The fourth-order valence-corrected chi connectivity index (χ4v) is 4.16. The number of nitrogens with zero attached hydrogens (tertiary/aromatic N) is 1. The van der Waals surface area contributed by atoms with Gasteiger partial charge in [-0.1, -0.05) is 25.1 Å². The van der Waals surface area contributed by atoms with Gasteiger partial charge in [-0.05, 0) is 49.6 Å². The second-order valence-corrected chi connectivity index (χ2v) is 7.16. The van der Waals surface area contributed by atoms with Crippen LogP contribution in [0.3, 0.4) is 0 Å². The van der Waals surface area contributed by atoms with Crippen LogP contribution in [0.15, 0.2) is 30.3 Å². The average Bonchev–Trinajstić information content (AvgIpc) is 2.87. The minimum Gasteiger partial charge on any atom is -0.367 e. The van der Waals surface area contributed by atoms with Crippen LogP contribution in [0.2, 0.25) is 0 Å². The highest BCUT2D eigenvalue weighted by atomic mass is 32.2. The van der Waals surface area contributed by atoms with Crippen molar-refractivity contribution >= 4 is 28.5 Å². The van der Waals surface area contributed by atoms with E-state index in [-0.39, 0.29) is 0 Å². The molecule has 0 saturated heterocycles. The number of hydrogen-bond donors (Lipinski definition) is 1. The first kappa shape index (κ1) is 13.7. The summed E-state index contributed by atoms with van der Waals surface area (Å²) in [5.41, 5.74) is 2.33. The lowest BCUT2D eigenvalue weighted by Crippen LogP contribution is -2.17. The number of para-hydroxylation sites is 1. The lowest BCUT2D eigenvalue weighted by Gasteiger charge is -2.16. The first-order valence-corrected chi connectivity index (χ1v) is 8.55. The minimum absolute atomic E-state index is 0.589. The predicted molar refractivity (Wildman–Crippen MR) is 89.7 cm³/mol. The summed E-state index contributed by atoms with van der Waals surface area (Å²) >= 11 is 2.10. The van der Waals surface area contributed by atoms with E-state index < -0.39 is 0 Å². The number of hydrogen-bond acceptors (Lipinski definition) is 3. The number of rotatable bonds is 4. The van der Waals surface area contributed by atoms with Crippen LogP contribution >= 0.6 is 11.8 Å². The minimum atomic E-state index is 0.589. The highest BCUT2D eigenvalue weighted by Gasteiger charge is 2.24. The number of aryl methyl sites for hydroxylation is 1. The molecule has 0 spiro atoms. The van der Waals surface area contributed by atoms with Crippen molar-refractivity contribution in [3.05, 3.63) is 35.9 Å². The summed E-state index contributed by atoms with van der Waals surface area (Å²) in [5.74, 6) is 2.29. The third-order valence-corrected chi connectivity index (χ3v) is 5.28. The molecule has 1 aromatic carbocycles. The largest absolute Gasteiger partial charge is 0.367 e. The van der Waals surface area contributed by atoms with Crippen molar-refractivity contribution < 1.29 is 0 Å². The summed E-state index contributed by atoms with van der Waals surface area (Å²) in [6, 6.07) is 11.2. The summed E-state index contributed by atoms with van der Waals surface area (Å²) in [7, 11) is 0. The Morgan fingerprint density at radius 3 is 3.00 bits per heavy atom. The lowest BCUT2D eigenvalue weighted by atomic mass is 10.1. The van der Waals surface area contributed by atoms with Crippen molar-refractivity contribution in [2.24, 2.45) is 0 Å². The molecule has 3 heteroatoms. The van der Waals surface area contributed by atoms with Gasteiger partial charge in [0.05, 0.1) is 5.52 Å². The molecule has 1 aliphatic rings. The maximum atomic E-state index is 4.79. The van der Waals surface area contributed by atoms with Crippen molar-refractivity contribution in [1.82, 2.24) is 4.98 Å². The molecule has 2 unspecified atom stereocenters. The SMILES string of the molecule is CCSC1CCC(Nc2nc3ccccc3cc2C)C1. The Balaban J connectivity index is 1.76. The molecule has 2 nitrogen and oxygen atoms in total. The highest BCUT2D eigenvalue weighted by Crippen LogP contribution is 2.32. The molecule has 1 aromatic heterocycles. The van der Waals surface area contributed by atoms with Crippen LogP contribution in [-0.4, -0.2) is 22.0 Å². The fourth-order valence-electron chi connectivity index (χ4n) is 3.02. The smallest absolute Gasteiger partial charge is 0.129 e. The zero-order valence-corrected chi connectivity index (χ0v) is 13.0. The van der Waals surface area contributed by atoms with E-state index >= 15 is 0 Å². The highest BCUT2D eigenvalue weighted by molar-refractivity contribution is 7.99. The second-order valence-electron chi connectivity index (χ2n) is 5.58. The lowest BCUT2D eigenvalue weighted by molar-refractivity contribution is 0.751. The maximum Gasteiger partial charge on any atom is 0.129 e. The topological polar surface area (TPSA) is 24.9 Å². The zero-order valence-electron chi connectivity index (χ0n) is 12.2. The molecule has 2 atom stereocenters. The number of anilines is 1. The van der Waals surface area contributed by atoms with Crippen LogP contribution in [0.5, 0.6) is 0 Å². The molecule has 20 heavy (non-hydrogen) atoms. The van der Waals surface area contributed by atoms with E-state index in [1.54, 1.807) is 0 Å². The van der Waals surface area contributed by atoms with Gasteiger partial charge in [-0.25, -0.2) is 4.98 Å². The number of nitrogens with one attached hydrogen (secondary N) is 1. The van der Waals surface area contributed by atoms with E-state index in [0.29, 0.717) is 6.04 Å². The van der Waals surface area contributed by atoms with Crippen molar-refractivity contribution in [2.75, 3.05) is 11.1 Å². The maximum absolute atomic E-state index is 4.79. The van der Waals surface area contributed by atoms with Crippen molar-refractivity contribution in [1.29, 1.82) is 0 Å². The van der Waals surface area contributed by atoms with Gasteiger partial charge in [0.2, 0.25) is 0 Å². The quantitative estimate of drug-likeness (QED) is 0.887. The van der Waals surface area contributed by atoms with Gasteiger partial charge in [0.1, 0.15) is 5.82 Å². The van der Waals surface area contributed by atoms with Gasteiger partial charge in [0.15, 0.2) is 0 Å². The van der Waals surface area contributed by atoms with Gasteiger partial charge >= 0.3 is 0 Å². The Morgan fingerprint density at radius 2 is 2.15 bits per heavy atom. The molecule has 1 heterocycles. The number of benzene rings is 1. The standard InChI is InChI=1S/C17H22N2S/c1-3-20-15-9-8-14(11-15)18-17-12(2)10-13-6-4-5-7-16(13)19-17/h4-7,10,14-15H,3,8-9,11H2,1-2H3,(H,18,19). The van der Waals surface area contributed by atoms with Gasteiger partial charge in [-0.2, -0.15) is 11.8 Å². The van der Waals surface area contributed by atoms with Crippen LogP contribution in [0, 0.1) is 6.92 Å². The molecule has 3 rings (SSSR count). The molecule has 1 saturated carbocycles. The number of thioether (sulfide) groups is 1. The van der Waals surface area contributed by atoms with Crippen molar-refractivity contribution in [3.8, 4) is 0 Å². The Morgan fingerprint density at radius 1 is 1.30 bits per heavy atom. The van der Waals surface area contributed by atoms with Gasteiger partial charge in [-0.15, -0.1) is 0 Å². The van der Waals surface area contributed by atoms with E-state index in [2.05, 4.69) is 61.3 Å². The van der Waals surface area contributed by atoms with Gasteiger partial charge in [-0.3, -0.25) is 0 Å². The number of aromatic nitrogens is 1. The molecule has 2 aromatic rings. The molecule has 0 aliphatic heterocycles. The predicted octanol–water partition coefficient (Wildman–Crippen LogP) is 4.63. The molecule has 0 radical (unpaired) electrons. The Labute approximate surface area is 125 Å². The van der Waals surface area contributed by atoms with E-state index in [1.165, 1.54) is 36.0 Å². The van der Waals surface area contributed by atoms with Crippen molar-refractivity contribution in [3.63, 3.8) is 0 Å². The van der Waals surface area contributed by atoms with Gasteiger partial charge < -0.3 is 5.32 Å². The van der Waals surface area contributed by atoms with Crippen LogP contribution in [0.25, 0.3) is 10.9 Å². The number of pyridine rings is 1. The second kappa shape index (κ2) is 6.04. The molecule has 0 amide bonds. The Kier molecular flexibility index (Phi) is 4.16. The molecule has 1 fully saturated rings. The third kappa shape index (κ3) is 2.93. The number of fused-ring (bicyclic) bond motifs is 1. The molecule has 0 bridgehead atoms. The fraction of sp³-hybridized carbons (Fsp3) is 0.471. The molecule has 1 N–H and O–H groups in total. The Bertz CT molecular complexity index is 597. The van der Waals surface area contributed by atoms with E-state index in [4.69, 9.17) is 4.98 Å². The average molecular weight is 286 g/mol. The third-order valence-electron chi connectivity index (χ3n) is 4.04. The van der Waals surface area contributed by atoms with Crippen LogP contribution < -0.4 is 5.32 Å². The first-order valence-electron chi connectivity index (χ1n) is 7.51. The molecular formula is C17H22N2S. The summed E-state index contributed by atoms with van der Waals surface area (Å²) < 4.78 is 0. The summed E-state index contributed by atoms with van der Waals surface area (Å²) in [6.07, 6.45) is 3.88. The molecular weight excluding hydrogens is 264 g/mol. The monoisotopic (exact) mass is 286 g/mol.